The summed E-state index contributed by atoms with van der Waals surface area (Å²) in [6, 6.07) is 0.724. The Hall–Kier alpha value is -0.0400. The molecule has 2 heterocycles. The molecular weight excluding hydrogens is 170 g/mol. The topological polar surface area (TPSA) is 12.0 Å². The molecular formula is C13H25N. The summed E-state index contributed by atoms with van der Waals surface area (Å²) in [5.41, 5.74) is 0. The highest BCUT2D eigenvalue weighted by Gasteiger charge is 2.35. The van der Waals surface area contributed by atoms with Crippen molar-refractivity contribution in [3.05, 3.63) is 0 Å². The first kappa shape index (κ1) is 10.5. The van der Waals surface area contributed by atoms with Gasteiger partial charge in [-0.1, -0.05) is 20.3 Å². The Balaban J connectivity index is 1.93. The molecule has 0 aromatic heterocycles. The molecule has 0 amide bonds. The summed E-state index contributed by atoms with van der Waals surface area (Å²) in [6.45, 7) is 8.42. The van der Waals surface area contributed by atoms with Crippen LogP contribution in [0.25, 0.3) is 0 Å². The van der Waals surface area contributed by atoms with Crippen LogP contribution in [0, 0.1) is 23.7 Å². The third-order valence-corrected chi connectivity index (χ3v) is 4.66. The van der Waals surface area contributed by atoms with Gasteiger partial charge in [-0.25, -0.2) is 0 Å². The largest absolute Gasteiger partial charge is 0.314 e. The van der Waals surface area contributed by atoms with E-state index in [-0.39, 0.29) is 0 Å². The van der Waals surface area contributed by atoms with E-state index in [4.69, 9.17) is 0 Å². The SMILES string of the molecule is CC1CCC2CC(C2)[C@@H](C)C(C)NC1. The van der Waals surface area contributed by atoms with Crippen LogP contribution < -0.4 is 5.32 Å². The average molecular weight is 195 g/mol. The van der Waals surface area contributed by atoms with Crippen molar-refractivity contribution >= 4 is 0 Å². The van der Waals surface area contributed by atoms with Gasteiger partial charge in [0.25, 0.3) is 0 Å². The molecule has 2 bridgehead atoms. The van der Waals surface area contributed by atoms with Crippen molar-refractivity contribution in [3.63, 3.8) is 0 Å². The summed E-state index contributed by atoms with van der Waals surface area (Å²) in [4.78, 5) is 0. The van der Waals surface area contributed by atoms with Gasteiger partial charge in [-0.15, -0.1) is 0 Å². The molecule has 1 heteroatoms. The van der Waals surface area contributed by atoms with Crippen LogP contribution in [0.1, 0.15) is 46.5 Å². The minimum absolute atomic E-state index is 0.724. The molecule has 3 rings (SSSR count). The minimum atomic E-state index is 0.724. The molecule has 0 spiro atoms. The fourth-order valence-corrected chi connectivity index (χ4v) is 3.06. The molecule has 3 aliphatic rings. The average Bonchev–Trinajstić information content (AvgIpc) is 2.10. The molecule has 2 saturated heterocycles. The van der Waals surface area contributed by atoms with Gasteiger partial charge >= 0.3 is 0 Å². The lowest BCUT2D eigenvalue weighted by Gasteiger charge is -2.43. The molecule has 2 aliphatic heterocycles. The van der Waals surface area contributed by atoms with Crippen LogP contribution in [-0.2, 0) is 0 Å². The molecule has 0 aromatic rings. The van der Waals surface area contributed by atoms with Gasteiger partial charge in [0.15, 0.2) is 0 Å². The highest BCUT2D eigenvalue weighted by molar-refractivity contribution is 4.88. The smallest absolute Gasteiger partial charge is 0.00671 e. The van der Waals surface area contributed by atoms with E-state index in [2.05, 4.69) is 26.1 Å². The van der Waals surface area contributed by atoms with E-state index in [1.165, 1.54) is 32.2 Å². The Morgan fingerprint density at radius 2 is 1.71 bits per heavy atom. The van der Waals surface area contributed by atoms with E-state index in [1.54, 1.807) is 0 Å². The van der Waals surface area contributed by atoms with Gasteiger partial charge in [0, 0.05) is 6.04 Å². The predicted molar refractivity (Wildman–Crippen MR) is 61.2 cm³/mol. The van der Waals surface area contributed by atoms with Gasteiger partial charge in [-0.2, -0.15) is 0 Å². The number of hydrogen-bond acceptors (Lipinski definition) is 1. The van der Waals surface area contributed by atoms with Gasteiger partial charge in [0.1, 0.15) is 0 Å². The standard InChI is InChI=1S/C13H25N/c1-9-4-5-12-6-13(7-12)10(2)11(3)14-8-9/h9-14H,4-8H2,1-3H3/t9?,10-,11?,12?,13?/m0/s1. The highest BCUT2D eigenvalue weighted by atomic mass is 14.9. The van der Waals surface area contributed by atoms with Crippen molar-refractivity contribution in [2.45, 2.75) is 52.5 Å². The molecule has 2 unspecified atom stereocenters. The summed E-state index contributed by atoms with van der Waals surface area (Å²) in [5.74, 6) is 3.87. The number of rotatable bonds is 0. The number of fused-ring (bicyclic) bond motifs is 6. The minimum Gasteiger partial charge on any atom is -0.314 e. The Kier molecular flexibility index (Phi) is 3.16. The lowest BCUT2D eigenvalue weighted by molar-refractivity contribution is 0.0904. The van der Waals surface area contributed by atoms with Crippen LogP contribution >= 0.6 is 0 Å². The van der Waals surface area contributed by atoms with Crippen LogP contribution in [0.2, 0.25) is 0 Å². The molecule has 1 N–H and O–H groups in total. The first-order valence-electron chi connectivity index (χ1n) is 6.40. The summed E-state index contributed by atoms with van der Waals surface area (Å²) in [6.07, 6.45) is 5.95. The van der Waals surface area contributed by atoms with E-state index in [9.17, 15) is 0 Å². The van der Waals surface area contributed by atoms with E-state index in [0.717, 1.165) is 29.7 Å². The van der Waals surface area contributed by atoms with E-state index < -0.39 is 0 Å². The molecule has 0 aromatic carbocycles. The van der Waals surface area contributed by atoms with Crippen molar-refractivity contribution in [3.8, 4) is 0 Å². The zero-order valence-corrected chi connectivity index (χ0v) is 9.92. The summed E-state index contributed by atoms with van der Waals surface area (Å²) in [7, 11) is 0. The summed E-state index contributed by atoms with van der Waals surface area (Å²) in [5, 5.41) is 3.71. The maximum Gasteiger partial charge on any atom is 0.00671 e. The van der Waals surface area contributed by atoms with E-state index in [1.807, 2.05) is 0 Å². The van der Waals surface area contributed by atoms with Crippen molar-refractivity contribution in [1.82, 2.24) is 5.32 Å². The summed E-state index contributed by atoms with van der Waals surface area (Å²) < 4.78 is 0. The Morgan fingerprint density at radius 1 is 1.00 bits per heavy atom. The van der Waals surface area contributed by atoms with E-state index >= 15 is 0 Å². The highest BCUT2D eigenvalue weighted by Crippen LogP contribution is 2.43. The van der Waals surface area contributed by atoms with Crippen LogP contribution in [0.3, 0.4) is 0 Å². The van der Waals surface area contributed by atoms with Crippen LogP contribution in [0.15, 0.2) is 0 Å². The molecule has 82 valence electrons. The Bertz CT molecular complexity index is 179. The lowest BCUT2D eigenvalue weighted by Crippen LogP contribution is -2.43. The van der Waals surface area contributed by atoms with Crippen LogP contribution in [-0.4, -0.2) is 12.6 Å². The normalized spacial score (nSPS) is 49.5. The molecule has 1 aliphatic carbocycles. The number of hydrogen-bond donors (Lipinski definition) is 1. The summed E-state index contributed by atoms with van der Waals surface area (Å²) >= 11 is 0. The first-order valence-corrected chi connectivity index (χ1v) is 6.40. The first-order chi connectivity index (χ1) is 6.66. The van der Waals surface area contributed by atoms with Gasteiger partial charge in [0.2, 0.25) is 0 Å². The molecule has 1 nitrogen and oxygen atoms in total. The third kappa shape index (κ3) is 2.13. The van der Waals surface area contributed by atoms with Gasteiger partial charge < -0.3 is 5.32 Å². The number of nitrogens with one attached hydrogen (secondary N) is 1. The molecule has 3 atom stereocenters. The molecule has 1 saturated carbocycles. The van der Waals surface area contributed by atoms with Crippen LogP contribution in [0.5, 0.6) is 0 Å². The van der Waals surface area contributed by atoms with Crippen molar-refractivity contribution < 1.29 is 0 Å². The lowest BCUT2D eigenvalue weighted by atomic mass is 9.65. The van der Waals surface area contributed by atoms with Gasteiger partial charge in [-0.3, -0.25) is 0 Å². The van der Waals surface area contributed by atoms with Gasteiger partial charge in [0.05, 0.1) is 0 Å². The second kappa shape index (κ2) is 4.22. The predicted octanol–water partition coefficient (Wildman–Crippen LogP) is 3.06. The second-order valence-electron chi connectivity index (χ2n) is 5.84. The fourth-order valence-electron chi connectivity index (χ4n) is 3.06. The van der Waals surface area contributed by atoms with Crippen molar-refractivity contribution in [1.29, 1.82) is 0 Å². The quantitative estimate of drug-likeness (QED) is 0.626. The Morgan fingerprint density at radius 3 is 2.43 bits per heavy atom. The van der Waals surface area contributed by atoms with Crippen molar-refractivity contribution in [2.24, 2.45) is 23.7 Å². The fraction of sp³-hybridized carbons (Fsp3) is 1.00. The third-order valence-electron chi connectivity index (χ3n) is 4.66. The zero-order chi connectivity index (χ0) is 10.1. The molecule has 14 heavy (non-hydrogen) atoms. The monoisotopic (exact) mass is 195 g/mol. The maximum atomic E-state index is 3.71. The Labute approximate surface area is 88.7 Å². The zero-order valence-electron chi connectivity index (χ0n) is 9.92. The van der Waals surface area contributed by atoms with Gasteiger partial charge in [-0.05, 0) is 56.4 Å². The van der Waals surface area contributed by atoms with Crippen LogP contribution in [0.4, 0.5) is 0 Å². The maximum absolute atomic E-state index is 3.71. The van der Waals surface area contributed by atoms with E-state index in [0.29, 0.717) is 0 Å². The van der Waals surface area contributed by atoms with Crippen molar-refractivity contribution in [2.75, 3.05) is 6.54 Å². The molecule has 3 fully saturated rings. The second-order valence-corrected chi connectivity index (χ2v) is 5.84. The molecule has 0 radical (unpaired) electrons.